The first-order chi connectivity index (χ1) is 10.5. The minimum atomic E-state index is -2.40. The summed E-state index contributed by atoms with van der Waals surface area (Å²) in [7, 11) is 0. The van der Waals surface area contributed by atoms with Crippen molar-refractivity contribution in [3.8, 4) is 0 Å². The molecule has 1 aromatic rings. The number of nitrogens with zero attached hydrogens (tertiary/aromatic N) is 1. The van der Waals surface area contributed by atoms with E-state index in [0.29, 0.717) is 0 Å². The van der Waals surface area contributed by atoms with Gasteiger partial charge in [0, 0.05) is 0 Å². The van der Waals surface area contributed by atoms with Gasteiger partial charge in [-0.15, -0.1) is 0 Å². The van der Waals surface area contributed by atoms with E-state index < -0.39 is 18.4 Å². The van der Waals surface area contributed by atoms with E-state index in [4.69, 9.17) is 10.7 Å². The van der Waals surface area contributed by atoms with E-state index >= 15 is 0 Å². The fraction of sp³-hybridized carbons (Fsp3) is 0.737. The first-order valence-corrected chi connectivity index (χ1v) is 16.7. The molecule has 1 heterocycles. The van der Waals surface area contributed by atoms with Crippen molar-refractivity contribution < 1.29 is 0 Å². The zero-order valence-electron chi connectivity index (χ0n) is 15.5. The fourth-order valence-electron chi connectivity index (χ4n) is 3.34. The second-order valence-electron chi connectivity index (χ2n) is 6.93. The van der Waals surface area contributed by atoms with E-state index in [1.54, 1.807) is 0 Å². The number of nitrogens with two attached hydrogens (primary N) is 1. The maximum absolute atomic E-state index is 6.23. The summed E-state index contributed by atoms with van der Waals surface area (Å²) >= 11 is -2.40. The second kappa shape index (κ2) is 9.79. The van der Waals surface area contributed by atoms with Crippen molar-refractivity contribution in [2.45, 2.75) is 86.5 Å². The standard InChI is InChI=1S/C7H9N2.3C4H9.Sn/c1-5-3-4-9-7(8)6(5)2;3*1-3-4-2;/h3H,1-2H3,(H2,8,9);3*1,3-4H2,2H3;. The van der Waals surface area contributed by atoms with Crippen LogP contribution in [0.25, 0.3) is 0 Å². The molecular weight excluding hydrogens is 375 g/mol. The number of aryl methyl sites for hydroxylation is 1. The summed E-state index contributed by atoms with van der Waals surface area (Å²) < 4.78 is 5.84. The van der Waals surface area contributed by atoms with Gasteiger partial charge in [0.2, 0.25) is 0 Å². The van der Waals surface area contributed by atoms with Crippen LogP contribution in [-0.4, -0.2) is 23.4 Å². The summed E-state index contributed by atoms with van der Waals surface area (Å²) in [5.41, 5.74) is 8.74. The maximum atomic E-state index is 6.23. The number of aromatic nitrogens is 1. The van der Waals surface area contributed by atoms with Crippen LogP contribution in [0.4, 0.5) is 5.82 Å². The average molecular weight is 411 g/mol. The van der Waals surface area contributed by atoms with E-state index in [1.807, 2.05) is 0 Å². The summed E-state index contributed by atoms with van der Waals surface area (Å²) in [6.07, 6.45) is 8.03. The summed E-state index contributed by atoms with van der Waals surface area (Å²) in [6.45, 7) is 11.3. The van der Waals surface area contributed by atoms with Crippen LogP contribution in [0, 0.1) is 13.8 Å². The molecule has 22 heavy (non-hydrogen) atoms. The molecule has 0 aliphatic rings. The molecule has 1 rings (SSSR count). The Morgan fingerprint density at radius 1 is 0.909 bits per heavy atom. The molecule has 2 N–H and O–H groups in total. The van der Waals surface area contributed by atoms with Crippen molar-refractivity contribution in [3.63, 3.8) is 0 Å². The first kappa shape index (κ1) is 19.8. The predicted molar refractivity (Wildman–Crippen MR) is 103 cm³/mol. The molecule has 0 spiro atoms. The molecule has 126 valence electrons. The van der Waals surface area contributed by atoms with Crippen molar-refractivity contribution in [2.75, 3.05) is 5.73 Å². The van der Waals surface area contributed by atoms with Crippen LogP contribution in [0.15, 0.2) is 6.07 Å². The second-order valence-corrected chi connectivity index (χ2v) is 20.0. The Labute approximate surface area is 142 Å². The fourth-order valence-corrected chi connectivity index (χ4v) is 19.0. The molecule has 0 saturated heterocycles. The Bertz CT molecular complexity index is 412. The molecular formula is C19H36N2Sn. The molecule has 1 aromatic heterocycles. The van der Waals surface area contributed by atoms with Gasteiger partial charge in [0.25, 0.3) is 0 Å². The number of hydrogen-bond acceptors (Lipinski definition) is 2. The number of unbranched alkanes of at least 4 members (excludes halogenated alkanes) is 3. The topological polar surface area (TPSA) is 38.9 Å². The van der Waals surface area contributed by atoms with Gasteiger partial charge in [-0.25, -0.2) is 0 Å². The summed E-state index contributed by atoms with van der Waals surface area (Å²) in [5, 5.41) is 0. The Kier molecular flexibility index (Phi) is 8.81. The van der Waals surface area contributed by atoms with Gasteiger partial charge in [-0.05, 0) is 0 Å². The molecule has 0 aliphatic heterocycles. The number of rotatable bonds is 10. The van der Waals surface area contributed by atoms with Crippen LogP contribution in [-0.2, 0) is 0 Å². The quantitative estimate of drug-likeness (QED) is 0.529. The minimum absolute atomic E-state index is 0.778. The number of pyridine rings is 1. The Balaban J connectivity index is 3.24. The van der Waals surface area contributed by atoms with Crippen LogP contribution < -0.4 is 9.44 Å². The third-order valence-electron chi connectivity index (χ3n) is 5.14. The van der Waals surface area contributed by atoms with E-state index in [1.165, 1.54) is 66.7 Å². The number of anilines is 1. The summed E-state index contributed by atoms with van der Waals surface area (Å²) in [6, 6.07) is 2.41. The molecule has 2 nitrogen and oxygen atoms in total. The van der Waals surface area contributed by atoms with Crippen LogP contribution in [0.2, 0.25) is 13.3 Å². The molecule has 0 aliphatic carbocycles. The van der Waals surface area contributed by atoms with Gasteiger partial charge in [-0.3, -0.25) is 0 Å². The molecule has 0 aromatic carbocycles. The Hall–Kier alpha value is -0.251. The molecule has 0 unspecified atom stereocenters. The van der Waals surface area contributed by atoms with E-state index in [-0.39, 0.29) is 0 Å². The van der Waals surface area contributed by atoms with Gasteiger partial charge >= 0.3 is 142 Å². The molecule has 0 radical (unpaired) electrons. The van der Waals surface area contributed by atoms with Crippen molar-refractivity contribution in [2.24, 2.45) is 0 Å². The van der Waals surface area contributed by atoms with Gasteiger partial charge in [-0.2, -0.15) is 0 Å². The third kappa shape index (κ3) is 5.14. The van der Waals surface area contributed by atoms with Crippen LogP contribution in [0.1, 0.15) is 70.4 Å². The summed E-state index contributed by atoms with van der Waals surface area (Å²) in [4.78, 5) is 4.94. The van der Waals surface area contributed by atoms with Crippen LogP contribution in [0.3, 0.4) is 0 Å². The molecule has 0 amide bonds. The van der Waals surface area contributed by atoms with Crippen molar-refractivity contribution >= 4 is 27.9 Å². The molecule has 0 atom stereocenters. The Morgan fingerprint density at radius 2 is 1.36 bits per heavy atom. The number of hydrogen-bond donors (Lipinski definition) is 1. The van der Waals surface area contributed by atoms with Gasteiger partial charge in [0.15, 0.2) is 0 Å². The van der Waals surface area contributed by atoms with Gasteiger partial charge < -0.3 is 0 Å². The number of nitrogen functional groups attached to an aromatic ring is 1. The van der Waals surface area contributed by atoms with E-state index in [2.05, 4.69) is 40.7 Å². The molecule has 0 bridgehead atoms. The van der Waals surface area contributed by atoms with Gasteiger partial charge in [-0.1, -0.05) is 0 Å². The van der Waals surface area contributed by atoms with Crippen LogP contribution >= 0.6 is 0 Å². The zero-order valence-corrected chi connectivity index (χ0v) is 18.3. The van der Waals surface area contributed by atoms with Crippen LogP contribution in [0.5, 0.6) is 0 Å². The van der Waals surface area contributed by atoms with Crippen molar-refractivity contribution in [1.29, 1.82) is 0 Å². The molecule has 0 saturated carbocycles. The first-order valence-electron chi connectivity index (χ1n) is 9.25. The molecule has 0 fully saturated rings. The predicted octanol–water partition coefficient (Wildman–Crippen LogP) is 5.34. The summed E-state index contributed by atoms with van der Waals surface area (Å²) in [5.74, 6) is 0.778. The molecule has 3 heteroatoms. The zero-order chi connectivity index (χ0) is 16.6. The SMILES string of the molecule is CCC[CH2][Sn]([CH2]CCC)([CH2]CCC)[c]1cc(C)c(C)c(N)n1. The van der Waals surface area contributed by atoms with Crippen molar-refractivity contribution in [1.82, 2.24) is 4.98 Å². The van der Waals surface area contributed by atoms with E-state index in [0.717, 1.165) is 5.82 Å². The Morgan fingerprint density at radius 3 is 1.73 bits per heavy atom. The van der Waals surface area contributed by atoms with Crippen molar-refractivity contribution in [3.05, 3.63) is 17.2 Å². The normalized spacial score (nSPS) is 11.9. The van der Waals surface area contributed by atoms with Gasteiger partial charge in [0.1, 0.15) is 0 Å². The van der Waals surface area contributed by atoms with E-state index in [9.17, 15) is 0 Å². The average Bonchev–Trinajstić information content (AvgIpc) is 2.52. The van der Waals surface area contributed by atoms with Gasteiger partial charge in [0.05, 0.1) is 0 Å². The monoisotopic (exact) mass is 412 g/mol. The third-order valence-corrected chi connectivity index (χ3v) is 20.2.